The first-order valence-corrected chi connectivity index (χ1v) is 17.2. The summed E-state index contributed by atoms with van der Waals surface area (Å²) >= 11 is 6.62. The summed E-state index contributed by atoms with van der Waals surface area (Å²) in [5.41, 5.74) is 0.273. The van der Waals surface area contributed by atoms with Crippen LogP contribution in [0.15, 0.2) is 55.0 Å². The van der Waals surface area contributed by atoms with Gasteiger partial charge in [-0.1, -0.05) is 41.9 Å². The maximum Gasteiger partial charge on any atom is 0.319 e. The van der Waals surface area contributed by atoms with Crippen LogP contribution in [-0.4, -0.2) is 103 Å². The van der Waals surface area contributed by atoms with E-state index in [1.54, 1.807) is 47.4 Å². The van der Waals surface area contributed by atoms with Crippen LogP contribution in [0.3, 0.4) is 0 Å². The molecule has 2 aromatic carbocycles. The highest BCUT2D eigenvalue weighted by molar-refractivity contribution is 6.36. The highest BCUT2D eigenvalue weighted by Gasteiger charge is 2.49. The van der Waals surface area contributed by atoms with Crippen LogP contribution in [0.1, 0.15) is 31.5 Å². The Morgan fingerprint density at radius 2 is 2.00 bits per heavy atom. The van der Waals surface area contributed by atoms with Crippen LogP contribution in [0.5, 0.6) is 6.01 Å². The third kappa shape index (κ3) is 5.81. The van der Waals surface area contributed by atoms with Crippen molar-refractivity contribution < 1.29 is 18.3 Å². The van der Waals surface area contributed by atoms with Crippen molar-refractivity contribution in [3.63, 3.8) is 0 Å². The second-order valence-corrected chi connectivity index (χ2v) is 13.9. The fourth-order valence-electron chi connectivity index (χ4n) is 7.80. The van der Waals surface area contributed by atoms with Crippen molar-refractivity contribution in [2.75, 3.05) is 44.7 Å². The molecule has 0 spiro atoms. The van der Waals surface area contributed by atoms with Crippen molar-refractivity contribution in [1.82, 2.24) is 39.5 Å². The van der Waals surface area contributed by atoms with Gasteiger partial charge in [0.1, 0.15) is 36.1 Å². The van der Waals surface area contributed by atoms with Crippen molar-refractivity contribution in [3.05, 3.63) is 71.7 Å². The molecule has 11 nitrogen and oxygen atoms in total. The van der Waals surface area contributed by atoms with E-state index >= 15 is 4.39 Å². The van der Waals surface area contributed by atoms with E-state index in [0.29, 0.717) is 65.5 Å². The lowest BCUT2D eigenvalue weighted by Crippen LogP contribution is -2.43. The molecule has 0 saturated carbocycles. The summed E-state index contributed by atoms with van der Waals surface area (Å²) in [5, 5.41) is 6.64. The van der Waals surface area contributed by atoms with Gasteiger partial charge in [-0.25, -0.2) is 13.8 Å². The van der Waals surface area contributed by atoms with Crippen molar-refractivity contribution in [2.45, 2.75) is 43.4 Å². The van der Waals surface area contributed by atoms with Gasteiger partial charge >= 0.3 is 6.01 Å². The summed E-state index contributed by atoms with van der Waals surface area (Å²) in [7, 11) is 3.63. The van der Waals surface area contributed by atoms with E-state index in [1.807, 2.05) is 36.2 Å². The monoisotopic (exact) mass is 699 g/mol. The molecule has 0 N–H and O–H groups in total. The summed E-state index contributed by atoms with van der Waals surface area (Å²) in [6, 6.07) is 11.0. The minimum Gasteiger partial charge on any atom is -0.461 e. The molecule has 3 fully saturated rings. The lowest BCUT2D eigenvalue weighted by molar-refractivity contribution is -0.124. The number of aryl methyl sites for hydroxylation is 1. The minimum atomic E-state index is -0.917. The molecule has 0 radical (unpaired) electrons. The van der Waals surface area contributed by atoms with Crippen molar-refractivity contribution in [1.29, 1.82) is 0 Å². The highest BCUT2D eigenvalue weighted by Crippen LogP contribution is 2.41. The first-order chi connectivity index (χ1) is 24.2. The van der Waals surface area contributed by atoms with Crippen molar-refractivity contribution in [3.8, 4) is 17.3 Å². The zero-order valence-electron chi connectivity index (χ0n) is 27.8. The number of benzene rings is 2. The fraction of sp³-hybridized carbons (Fsp3) is 0.389. The summed E-state index contributed by atoms with van der Waals surface area (Å²) in [5.74, 6) is 0.105. The number of rotatable bonds is 8. The molecular weight excluding hydrogens is 664 g/mol. The Morgan fingerprint density at radius 3 is 2.82 bits per heavy atom. The Kier molecular flexibility index (Phi) is 8.34. The number of nitrogens with zero attached hydrogens (tertiary/aromatic N) is 9. The average molecular weight is 700 g/mol. The topological polar surface area (TPSA) is 105 Å². The number of carbonyl (C=O) groups excluding carboxylic acids is 1. The molecule has 3 saturated heterocycles. The predicted molar refractivity (Wildman–Crippen MR) is 187 cm³/mol. The molecule has 8 rings (SSSR count). The molecule has 1 amide bonds. The quantitative estimate of drug-likeness (QED) is 0.195. The molecular formula is C36H36ClF2N9O2. The number of ether oxygens (including phenoxy) is 1. The van der Waals surface area contributed by atoms with Gasteiger partial charge in [-0.05, 0) is 43.3 Å². The van der Waals surface area contributed by atoms with Gasteiger partial charge in [0, 0.05) is 74.4 Å². The minimum absolute atomic E-state index is 0.00612. The van der Waals surface area contributed by atoms with Crippen LogP contribution in [0.25, 0.3) is 39.0 Å². The van der Waals surface area contributed by atoms with E-state index < -0.39 is 17.5 Å². The molecule has 0 bridgehead atoms. The standard InChI is InChI=1S/C36H36ClF2N9O2/c1-45-21-41-28(44-45)10-11-29(49)47-15-12-24(19-47)46(2)34-26-17-40-32(25-8-3-6-22-7-4-9-27(37)30(22)25)31(39)33(26)42-35(43-34)50-20-36-13-5-14-48(36)18-23(38)16-36/h3-4,6-11,17,21,23-24H,5,12-16,18-20H2,1-2H3/b11-10+/t23-,24-,36+/m1/s1. The van der Waals surface area contributed by atoms with E-state index in [0.717, 1.165) is 24.8 Å². The van der Waals surface area contributed by atoms with E-state index in [4.69, 9.17) is 21.3 Å². The zero-order chi connectivity index (χ0) is 34.6. The van der Waals surface area contributed by atoms with Gasteiger partial charge in [-0.3, -0.25) is 19.4 Å². The summed E-state index contributed by atoms with van der Waals surface area (Å²) in [6.45, 7) is 2.36. The maximum atomic E-state index is 16.8. The van der Waals surface area contributed by atoms with Crippen LogP contribution in [0, 0.1) is 5.82 Å². The molecule has 3 aliphatic heterocycles. The predicted octanol–water partition coefficient (Wildman–Crippen LogP) is 5.47. The molecule has 0 unspecified atom stereocenters. The lowest BCUT2D eigenvalue weighted by Gasteiger charge is -2.31. The second-order valence-electron chi connectivity index (χ2n) is 13.5. The maximum absolute atomic E-state index is 16.8. The van der Waals surface area contributed by atoms with E-state index in [-0.39, 0.29) is 35.8 Å². The highest BCUT2D eigenvalue weighted by atomic mass is 35.5. The van der Waals surface area contributed by atoms with Crippen LogP contribution in [0.2, 0.25) is 5.02 Å². The number of hydrogen-bond acceptors (Lipinski definition) is 9. The van der Waals surface area contributed by atoms with Crippen molar-refractivity contribution in [2.24, 2.45) is 7.05 Å². The molecule has 258 valence electrons. The largest absolute Gasteiger partial charge is 0.461 e. The summed E-state index contributed by atoms with van der Waals surface area (Å²) < 4.78 is 39.2. The number of fused-ring (bicyclic) bond motifs is 3. The Balaban J connectivity index is 1.15. The Hall–Kier alpha value is -4.75. The Morgan fingerprint density at radius 1 is 1.16 bits per heavy atom. The first-order valence-electron chi connectivity index (χ1n) is 16.8. The van der Waals surface area contributed by atoms with Gasteiger partial charge in [0.25, 0.3) is 0 Å². The number of likely N-dealkylation sites (tertiary alicyclic amines) is 1. The van der Waals surface area contributed by atoms with E-state index in [1.165, 1.54) is 6.08 Å². The van der Waals surface area contributed by atoms with Crippen LogP contribution >= 0.6 is 11.6 Å². The number of alkyl halides is 1. The number of likely N-dealkylation sites (N-methyl/N-ethyl adjacent to an activating group) is 1. The Labute approximate surface area is 292 Å². The van der Waals surface area contributed by atoms with Gasteiger partial charge < -0.3 is 14.5 Å². The van der Waals surface area contributed by atoms with Gasteiger partial charge in [-0.15, -0.1) is 0 Å². The molecule has 3 aliphatic rings. The number of anilines is 1. The third-order valence-electron chi connectivity index (χ3n) is 10.3. The fourth-order valence-corrected chi connectivity index (χ4v) is 8.08. The van der Waals surface area contributed by atoms with Crippen LogP contribution in [0.4, 0.5) is 14.6 Å². The summed E-state index contributed by atoms with van der Waals surface area (Å²) in [4.78, 5) is 37.1. The van der Waals surface area contributed by atoms with Gasteiger partial charge in [0.15, 0.2) is 11.6 Å². The molecule has 14 heteroatoms. The van der Waals surface area contributed by atoms with Crippen LogP contribution in [-0.2, 0) is 11.8 Å². The van der Waals surface area contributed by atoms with Crippen molar-refractivity contribution >= 4 is 51.1 Å². The molecule has 50 heavy (non-hydrogen) atoms. The molecule has 5 aromatic rings. The lowest BCUT2D eigenvalue weighted by atomic mass is 9.95. The van der Waals surface area contributed by atoms with Crippen LogP contribution < -0.4 is 9.64 Å². The number of aromatic nitrogens is 6. The number of pyridine rings is 1. The van der Waals surface area contributed by atoms with Gasteiger partial charge in [0.05, 0.1) is 10.9 Å². The van der Waals surface area contributed by atoms with Gasteiger partial charge in [-0.2, -0.15) is 15.1 Å². The zero-order valence-corrected chi connectivity index (χ0v) is 28.5. The molecule has 0 aliphatic carbocycles. The Bertz CT molecular complexity index is 2140. The number of hydrogen-bond donors (Lipinski definition) is 0. The van der Waals surface area contributed by atoms with E-state index in [2.05, 4.69) is 25.0 Å². The first kappa shape index (κ1) is 32.5. The summed E-state index contributed by atoms with van der Waals surface area (Å²) in [6.07, 6.45) is 8.13. The number of carbonyl (C=O) groups is 1. The normalized spacial score (nSPS) is 22.3. The molecule has 3 aromatic heterocycles. The molecule has 3 atom stereocenters. The average Bonchev–Trinajstić information content (AvgIpc) is 3.91. The SMILES string of the molecule is CN(c1nc(OC[C@@]23CCCN2C[C@H](F)C3)nc2c(F)c(-c3cccc4cccc(Cl)c34)ncc12)[C@@H]1CCN(C(=O)/C=C/c2ncn(C)n2)C1. The van der Waals surface area contributed by atoms with E-state index in [9.17, 15) is 9.18 Å². The smallest absolute Gasteiger partial charge is 0.319 e. The number of amides is 1. The second kappa shape index (κ2) is 12.9. The third-order valence-corrected chi connectivity index (χ3v) is 10.6. The van der Waals surface area contributed by atoms with Gasteiger partial charge in [0.2, 0.25) is 5.91 Å². The number of halogens is 3. The molecule has 6 heterocycles.